The second kappa shape index (κ2) is 8.10. The van der Waals surface area contributed by atoms with Crippen LogP contribution >= 0.6 is 0 Å². The van der Waals surface area contributed by atoms with E-state index in [-0.39, 0.29) is 5.41 Å². The van der Waals surface area contributed by atoms with E-state index in [0.29, 0.717) is 12.8 Å². The highest BCUT2D eigenvalue weighted by atomic mass is 16.5. The van der Waals surface area contributed by atoms with Gasteiger partial charge in [-0.25, -0.2) is 0 Å². The third-order valence-corrected chi connectivity index (χ3v) is 6.78. The van der Waals surface area contributed by atoms with Crippen LogP contribution in [0, 0.1) is 10.8 Å². The quantitative estimate of drug-likeness (QED) is 0.237. The fourth-order valence-electron chi connectivity index (χ4n) is 5.19. The van der Waals surface area contributed by atoms with E-state index in [1.165, 1.54) is 36.5 Å². The summed E-state index contributed by atoms with van der Waals surface area (Å²) >= 11 is 0. The number of unbranched alkanes of at least 4 members (excludes halogenated alkanes) is 3. The number of methoxy groups -OCH3 is 2. The summed E-state index contributed by atoms with van der Waals surface area (Å²) in [7, 11) is 2.69. The zero-order valence-corrected chi connectivity index (χ0v) is 17.3. The molecule has 1 fully saturated rings. The predicted octanol–water partition coefficient (Wildman–Crippen LogP) is 5.21. The van der Waals surface area contributed by atoms with Crippen molar-refractivity contribution in [1.82, 2.24) is 0 Å². The van der Waals surface area contributed by atoms with Gasteiger partial charge in [0, 0.05) is 0 Å². The van der Waals surface area contributed by atoms with Crippen molar-refractivity contribution in [2.75, 3.05) is 14.2 Å². The molecule has 1 spiro atoms. The molecule has 152 valence electrons. The van der Waals surface area contributed by atoms with Crippen LogP contribution in [0.2, 0.25) is 0 Å². The molecule has 0 amide bonds. The predicted molar refractivity (Wildman–Crippen MR) is 110 cm³/mol. The maximum atomic E-state index is 12.7. The highest BCUT2D eigenvalue weighted by molar-refractivity contribution is 6.01. The first kappa shape index (κ1) is 20.6. The van der Waals surface area contributed by atoms with Gasteiger partial charge in [0.2, 0.25) is 0 Å². The molecular weight excluding hydrogens is 352 g/mol. The minimum absolute atomic E-state index is 0.180. The lowest BCUT2D eigenvalue weighted by molar-refractivity contribution is -0.168. The number of ether oxygens (including phenoxy) is 2. The van der Waals surface area contributed by atoms with Crippen LogP contribution in [-0.4, -0.2) is 26.2 Å². The number of esters is 2. The third kappa shape index (κ3) is 3.38. The summed E-state index contributed by atoms with van der Waals surface area (Å²) in [6.07, 6.45) is 13.4. The molecule has 3 rings (SSSR count). The molecule has 4 heteroatoms. The zero-order valence-electron chi connectivity index (χ0n) is 17.3. The van der Waals surface area contributed by atoms with Gasteiger partial charge in [0.25, 0.3) is 0 Å². The minimum Gasteiger partial charge on any atom is -0.468 e. The molecule has 0 radical (unpaired) electrons. The summed E-state index contributed by atoms with van der Waals surface area (Å²) in [5.74, 6) is -0.965. The van der Waals surface area contributed by atoms with Crippen LogP contribution in [0.1, 0.15) is 64.2 Å². The summed E-state index contributed by atoms with van der Waals surface area (Å²) < 4.78 is 10.1. The Bertz CT molecular complexity index is 733. The number of carbonyl (C=O) groups excluding carboxylic acids is 2. The van der Waals surface area contributed by atoms with Crippen molar-refractivity contribution in [3.8, 4) is 0 Å². The van der Waals surface area contributed by atoms with Crippen molar-refractivity contribution >= 4 is 11.9 Å². The SMILES string of the molecule is C=CCCCCCC1=C(C=C)C2(CC2)CC2=C1CC(C(=O)OC)(C(=O)OC)C2. The molecule has 0 bridgehead atoms. The first-order valence-corrected chi connectivity index (χ1v) is 10.3. The highest BCUT2D eigenvalue weighted by Gasteiger charge is 2.58. The summed E-state index contributed by atoms with van der Waals surface area (Å²) in [6.45, 7) is 7.90. The molecule has 0 unspecified atom stereocenters. The Hall–Kier alpha value is -2.10. The molecule has 1 saturated carbocycles. The van der Waals surface area contributed by atoms with Crippen molar-refractivity contribution in [2.45, 2.75) is 64.2 Å². The average Bonchev–Trinajstić information content (AvgIpc) is 3.35. The summed E-state index contributed by atoms with van der Waals surface area (Å²) in [5.41, 5.74) is 4.06. The van der Waals surface area contributed by atoms with Gasteiger partial charge in [0.15, 0.2) is 5.41 Å². The van der Waals surface area contributed by atoms with Gasteiger partial charge in [0.1, 0.15) is 0 Å². The molecule has 0 aromatic heterocycles. The second-order valence-corrected chi connectivity index (χ2v) is 8.44. The maximum Gasteiger partial charge on any atom is 0.323 e. The van der Waals surface area contributed by atoms with E-state index in [1.807, 2.05) is 12.2 Å². The van der Waals surface area contributed by atoms with E-state index in [9.17, 15) is 9.59 Å². The Morgan fingerprint density at radius 3 is 2.21 bits per heavy atom. The van der Waals surface area contributed by atoms with Gasteiger partial charge in [-0.2, -0.15) is 0 Å². The number of carbonyl (C=O) groups is 2. The molecule has 0 aromatic carbocycles. The van der Waals surface area contributed by atoms with Crippen LogP contribution in [0.4, 0.5) is 0 Å². The fraction of sp³-hybridized carbons (Fsp3) is 0.583. The monoisotopic (exact) mass is 384 g/mol. The number of rotatable bonds is 9. The standard InChI is InChI=1S/C24H32O4/c1-5-7-8-9-10-11-18-19-16-24(21(25)27-3,22(26)28-4)15-17(19)14-23(12-13-23)20(18)6-2/h5-6H,1-2,7-16H2,3-4H3. The Labute approximate surface area is 168 Å². The van der Waals surface area contributed by atoms with E-state index in [2.05, 4.69) is 13.2 Å². The van der Waals surface area contributed by atoms with Gasteiger partial charge in [-0.1, -0.05) is 30.7 Å². The molecule has 0 heterocycles. The maximum absolute atomic E-state index is 12.7. The largest absolute Gasteiger partial charge is 0.468 e. The van der Waals surface area contributed by atoms with Gasteiger partial charge in [-0.05, 0) is 79.9 Å². The van der Waals surface area contributed by atoms with Crippen molar-refractivity contribution in [2.24, 2.45) is 10.8 Å². The fourth-order valence-corrected chi connectivity index (χ4v) is 5.19. The van der Waals surface area contributed by atoms with Crippen LogP contribution in [0.5, 0.6) is 0 Å². The van der Waals surface area contributed by atoms with Crippen molar-refractivity contribution in [3.63, 3.8) is 0 Å². The van der Waals surface area contributed by atoms with E-state index in [0.717, 1.165) is 51.4 Å². The van der Waals surface area contributed by atoms with Crippen LogP contribution in [0.25, 0.3) is 0 Å². The number of hydrogen-bond donors (Lipinski definition) is 0. The molecule has 0 aliphatic heterocycles. The first-order valence-electron chi connectivity index (χ1n) is 10.3. The van der Waals surface area contributed by atoms with Gasteiger partial charge in [0.05, 0.1) is 14.2 Å². The molecule has 0 N–H and O–H groups in total. The van der Waals surface area contributed by atoms with Gasteiger partial charge in [-0.3, -0.25) is 9.59 Å². The number of allylic oxidation sites excluding steroid dienone is 6. The number of hydrogen-bond acceptors (Lipinski definition) is 4. The Morgan fingerprint density at radius 1 is 1.00 bits per heavy atom. The van der Waals surface area contributed by atoms with Crippen LogP contribution in [0.15, 0.2) is 47.6 Å². The summed E-state index contributed by atoms with van der Waals surface area (Å²) in [4.78, 5) is 25.3. The minimum atomic E-state index is -1.23. The van der Waals surface area contributed by atoms with Gasteiger partial charge >= 0.3 is 11.9 Å². The van der Waals surface area contributed by atoms with Crippen LogP contribution in [-0.2, 0) is 19.1 Å². The highest BCUT2D eigenvalue weighted by Crippen LogP contribution is 2.65. The van der Waals surface area contributed by atoms with Crippen molar-refractivity contribution in [1.29, 1.82) is 0 Å². The third-order valence-electron chi connectivity index (χ3n) is 6.78. The smallest absolute Gasteiger partial charge is 0.323 e. The van der Waals surface area contributed by atoms with E-state index >= 15 is 0 Å². The first-order chi connectivity index (χ1) is 13.5. The molecule has 0 atom stereocenters. The van der Waals surface area contributed by atoms with Crippen molar-refractivity contribution < 1.29 is 19.1 Å². The molecule has 0 aromatic rings. The Morgan fingerprint density at radius 2 is 1.68 bits per heavy atom. The van der Waals surface area contributed by atoms with Crippen LogP contribution in [0.3, 0.4) is 0 Å². The lowest BCUT2D eigenvalue weighted by Gasteiger charge is -2.29. The Kier molecular flexibility index (Phi) is 5.97. The van der Waals surface area contributed by atoms with Crippen LogP contribution < -0.4 is 0 Å². The Balaban J connectivity index is 1.91. The second-order valence-electron chi connectivity index (χ2n) is 8.44. The lowest BCUT2D eigenvalue weighted by Crippen LogP contribution is -2.39. The zero-order chi connectivity index (χ0) is 20.4. The summed E-state index contributed by atoms with van der Waals surface area (Å²) in [5, 5.41) is 0. The molecule has 0 saturated heterocycles. The molecule has 4 nitrogen and oxygen atoms in total. The van der Waals surface area contributed by atoms with E-state index in [4.69, 9.17) is 9.47 Å². The average molecular weight is 385 g/mol. The van der Waals surface area contributed by atoms with E-state index < -0.39 is 17.4 Å². The normalized spacial score (nSPS) is 21.4. The lowest BCUT2D eigenvalue weighted by atomic mass is 9.75. The topological polar surface area (TPSA) is 52.6 Å². The van der Waals surface area contributed by atoms with Crippen molar-refractivity contribution in [3.05, 3.63) is 47.6 Å². The van der Waals surface area contributed by atoms with Gasteiger partial charge < -0.3 is 9.47 Å². The molecule has 3 aliphatic carbocycles. The molecule has 3 aliphatic rings. The molecular formula is C24H32O4. The molecule has 28 heavy (non-hydrogen) atoms. The summed E-state index contributed by atoms with van der Waals surface area (Å²) in [6, 6.07) is 0. The van der Waals surface area contributed by atoms with E-state index in [1.54, 1.807) is 0 Å². The van der Waals surface area contributed by atoms with Gasteiger partial charge in [-0.15, -0.1) is 6.58 Å².